The zero-order chi connectivity index (χ0) is 19.3. The number of rotatable bonds is 4. The number of benzene rings is 1. The first-order chi connectivity index (χ1) is 12.9. The molecule has 0 spiro atoms. The van der Waals surface area contributed by atoms with Crippen molar-refractivity contribution in [1.82, 2.24) is 14.5 Å². The maximum Gasteiger partial charge on any atom is 0.341 e. The minimum absolute atomic E-state index is 0.0504. The first-order valence-corrected chi connectivity index (χ1v) is 8.87. The summed E-state index contributed by atoms with van der Waals surface area (Å²) >= 11 is 0. The molecule has 1 aromatic heterocycles. The van der Waals surface area contributed by atoms with Crippen molar-refractivity contribution in [3.05, 3.63) is 39.7 Å². The van der Waals surface area contributed by atoms with E-state index in [0.29, 0.717) is 13.1 Å². The lowest BCUT2D eigenvalue weighted by Crippen LogP contribution is -2.47. The Morgan fingerprint density at radius 3 is 2.48 bits per heavy atom. The van der Waals surface area contributed by atoms with Gasteiger partial charge in [0.2, 0.25) is 5.43 Å². The highest BCUT2D eigenvalue weighted by molar-refractivity contribution is 5.93. The molecule has 0 atom stereocenters. The van der Waals surface area contributed by atoms with Gasteiger partial charge in [0.25, 0.3) is 0 Å². The van der Waals surface area contributed by atoms with Crippen LogP contribution in [0.2, 0.25) is 0 Å². The maximum atomic E-state index is 15.3. The molecule has 1 aliphatic carbocycles. The van der Waals surface area contributed by atoms with Crippen molar-refractivity contribution in [2.75, 3.05) is 38.7 Å². The number of hydrazine groups is 1. The van der Waals surface area contributed by atoms with Gasteiger partial charge in [0, 0.05) is 38.4 Å². The number of aromatic nitrogens is 1. The number of carboxylic acids is 1. The zero-order valence-corrected chi connectivity index (χ0v) is 14.8. The molecule has 4 rings (SSSR count). The Hall–Kier alpha value is -2.52. The van der Waals surface area contributed by atoms with E-state index in [1.165, 1.54) is 10.8 Å². The third-order valence-corrected chi connectivity index (χ3v) is 5.15. The second-order valence-electron chi connectivity index (χ2n) is 7.16. The van der Waals surface area contributed by atoms with Gasteiger partial charge in [0.05, 0.1) is 10.9 Å². The van der Waals surface area contributed by atoms with E-state index < -0.39 is 28.6 Å². The number of halogens is 2. The number of carbonyl (C=O) groups is 1. The number of pyridine rings is 1. The number of hydrogen-bond donors (Lipinski definition) is 2. The molecule has 1 aliphatic heterocycles. The van der Waals surface area contributed by atoms with Crippen LogP contribution < -0.4 is 10.9 Å². The van der Waals surface area contributed by atoms with Crippen LogP contribution in [0, 0.1) is 11.6 Å². The predicted molar refractivity (Wildman–Crippen MR) is 96.0 cm³/mol. The average molecular weight is 378 g/mol. The molecule has 0 bridgehead atoms. The molecule has 2 fully saturated rings. The number of likely N-dealkylation sites (N-methyl/N-ethyl adjacent to an activating group) is 1. The fourth-order valence-corrected chi connectivity index (χ4v) is 3.41. The van der Waals surface area contributed by atoms with Crippen LogP contribution >= 0.6 is 0 Å². The van der Waals surface area contributed by atoms with Gasteiger partial charge in [-0.15, -0.1) is 0 Å². The van der Waals surface area contributed by atoms with E-state index in [4.69, 9.17) is 0 Å². The van der Waals surface area contributed by atoms with Gasteiger partial charge in [-0.2, -0.15) is 0 Å². The van der Waals surface area contributed by atoms with E-state index in [2.05, 4.69) is 10.3 Å². The molecular weight excluding hydrogens is 358 g/mol. The number of nitrogens with one attached hydrogen (secondary N) is 1. The van der Waals surface area contributed by atoms with E-state index in [9.17, 15) is 19.1 Å². The molecular formula is C18H20F2N4O3. The molecule has 7 nitrogen and oxygen atoms in total. The van der Waals surface area contributed by atoms with Crippen LogP contribution in [0.3, 0.4) is 0 Å². The molecule has 0 amide bonds. The van der Waals surface area contributed by atoms with Gasteiger partial charge in [-0.3, -0.25) is 4.79 Å². The van der Waals surface area contributed by atoms with Crippen molar-refractivity contribution < 1.29 is 18.7 Å². The topological polar surface area (TPSA) is 77.8 Å². The first-order valence-electron chi connectivity index (χ1n) is 8.87. The molecule has 2 aromatic rings. The van der Waals surface area contributed by atoms with Crippen molar-refractivity contribution in [1.29, 1.82) is 0 Å². The smallest absolute Gasteiger partial charge is 0.341 e. The standard InChI is InChI=1S/C18H20F2N4O3/c1-22-4-6-23(7-5-22)21-15-13(19)8-11-16(14(15)20)24(10-2-3-10)9-12(17(11)25)18(26)27/h8-10,21H,2-7H2,1H3,(H,26,27). The summed E-state index contributed by atoms with van der Waals surface area (Å²) in [4.78, 5) is 25.9. The molecule has 2 aliphatic rings. The highest BCUT2D eigenvalue weighted by atomic mass is 19.1. The van der Waals surface area contributed by atoms with Crippen LogP contribution in [0.1, 0.15) is 29.2 Å². The lowest BCUT2D eigenvalue weighted by atomic mass is 10.1. The minimum atomic E-state index is -1.41. The molecule has 0 unspecified atom stereocenters. The number of carboxylic acid groups (broad SMARTS) is 1. The van der Waals surface area contributed by atoms with Crippen LogP contribution in [0.15, 0.2) is 17.1 Å². The molecule has 2 heterocycles. The van der Waals surface area contributed by atoms with Gasteiger partial charge in [-0.05, 0) is 26.0 Å². The van der Waals surface area contributed by atoms with Crippen LogP contribution in [0.4, 0.5) is 14.5 Å². The van der Waals surface area contributed by atoms with Crippen molar-refractivity contribution >= 4 is 22.6 Å². The first kappa shape index (κ1) is 17.9. The van der Waals surface area contributed by atoms with E-state index in [1.807, 2.05) is 7.05 Å². The zero-order valence-electron chi connectivity index (χ0n) is 14.8. The van der Waals surface area contributed by atoms with Crippen LogP contribution in [0.5, 0.6) is 0 Å². The Morgan fingerprint density at radius 1 is 1.22 bits per heavy atom. The largest absolute Gasteiger partial charge is 0.477 e. The summed E-state index contributed by atoms with van der Waals surface area (Å²) in [5.74, 6) is -3.19. The van der Waals surface area contributed by atoms with Crippen molar-refractivity contribution in [3.8, 4) is 0 Å². The Labute approximate surface area is 153 Å². The van der Waals surface area contributed by atoms with Gasteiger partial charge in [0.15, 0.2) is 11.6 Å². The Morgan fingerprint density at radius 2 is 1.89 bits per heavy atom. The highest BCUT2D eigenvalue weighted by Gasteiger charge is 2.30. The second kappa shape index (κ2) is 6.58. The van der Waals surface area contributed by atoms with Crippen molar-refractivity contribution in [2.45, 2.75) is 18.9 Å². The van der Waals surface area contributed by atoms with Gasteiger partial charge in [0.1, 0.15) is 11.3 Å². The fourth-order valence-electron chi connectivity index (χ4n) is 3.41. The van der Waals surface area contributed by atoms with Crippen LogP contribution in [-0.2, 0) is 0 Å². The number of fused-ring (bicyclic) bond motifs is 1. The van der Waals surface area contributed by atoms with Gasteiger partial charge in [-0.1, -0.05) is 0 Å². The lowest BCUT2D eigenvalue weighted by Gasteiger charge is -2.33. The summed E-state index contributed by atoms with van der Waals surface area (Å²) in [5.41, 5.74) is 1.08. The fraction of sp³-hybridized carbons (Fsp3) is 0.444. The number of anilines is 1. The summed E-state index contributed by atoms with van der Waals surface area (Å²) in [5, 5.41) is 10.7. The Balaban J connectivity index is 1.85. The number of aromatic carboxylic acids is 1. The number of hydrogen-bond acceptors (Lipinski definition) is 5. The lowest BCUT2D eigenvalue weighted by molar-refractivity contribution is 0.0695. The SMILES string of the molecule is CN1CCN(Nc2c(F)cc3c(=O)c(C(=O)O)cn(C4CC4)c3c2F)CC1. The Bertz CT molecular complexity index is 979. The molecule has 1 saturated carbocycles. The van der Waals surface area contributed by atoms with E-state index in [-0.39, 0.29) is 22.6 Å². The average Bonchev–Trinajstić information content (AvgIpc) is 3.46. The third kappa shape index (κ3) is 3.17. The summed E-state index contributed by atoms with van der Waals surface area (Å²) in [6, 6.07) is 0.854. The van der Waals surface area contributed by atoms with E-state index in [0.717, 1.165) is 32.0 Å². The van der Waals surface area contributed by atoms with E-state index in [1.54, 1.807) is 5.01 Å². The normalized spacial score (nSPS) is 18.8. The quantitative estimate of drug-likeness (QED) is 0.846. The monoisotopic (exact) mass is 378 g/mol. The minimum Gasteiger partial charge on any atom is -0.477 e. The Kier molecular flexibility index (Phi) is 4.35. The predicted octanol–water partition coefficient (Wildman–Crippen LogP) is 1.89. The van der Waals surface area contributed by atoms with Gasteiger partial charge in [-0.25, -0.2) is 18.6 Å². The molecule has 144 valence electrons. The summed E-state index contributed by atoms with van der Waals surface area (Å²) in [7, 11) is 1.98. The molecule has 1 aromatic carbocycles. The van der Waals surface area contributed by atoms with Crippen LogP contribution in [0.25, 0.3) is 10.9 Å². The molecule has 9 heteroatoms. The molecule has 0 radical (unpaired) electrons. The summed E-state index contributed by atoms with van der Waals surface area (Å²) < 4.78 is 31.4. The molecule has 2 N–H and O–H groups in total. The van der Waals surface area contributed by atoms with Gasteiger partial charge < -0.3 is 20.0 Å². The number of piperazine rings is 1. The summed E-state index contributed by atoms with van der Waals surface area (Å²) in [6.07, 6.45) is 2.69. The summed E-state index contributed by atoms with van der Waals surface area (Å²) in [6.45, 7) is 2.72. The van der Waals surface area contributed by atoms with Crippen LogP contribution in [-0.4, -0.2) is 58.8 Å². The van der Waals surface area contributed by atoms with E-state index >= 15 is 4.39 Å². The third-order valence-electron chi connectivity index (χ3n) is 5.15. The highest BCUT2D eigenvalue weighted by Crippen LogP contribution is 2.39. The van der Waals surface area contributed by atoms with Crippen molar-refractivity contribution in [3.63, 3.8) is 0 Å². The number of nitrogens with zero attached hydrogens (tertiary/aromatic N) is 3. The molecule has 27 heavy (non-hydrogen) atoms. The second-order valence-corrected chi connectivity index (χ2v) is 7.16. The van der Waals surface area contributed by atoms with Crippen molar-refractivity contribution in [2.24, 2.45) is 0 Å². The maximum absolute atomic E-state index is 15.3. The van der Waals surface area contributed by atoms with Gasteiger partial charge >= 0.3 is 5.97 Å². The molecule has 1 saturated heterocycles.